The summed E-state index contributed by atoms with van der Waals surface area (Å²) >= 11 is 6.20. The molecule has 144 valence electrons. The lowest BCUT2D eigenvalue weighted by atomic mass is 10.1. The molecule has 1 amide bonds. The van der Waals surface area contributed by atoms with Gasteiger partial charge in [-0.15, -0.1) is 0 Å². The van der Waals surface area contributed by atoms with Crippen molar-refractivity contribution in [1.82, 2.24) is 5.32 Å². The minimum atomic E-state index is -0.444. The molecule has 0 radical (unpaired) electrons. The molecule has 0 aromatic heterocycles. The molecule has 9 heteroatoms. The number of amides is 1. The van der Waals surface area contributed by atoms with Crippen molar-refractivity contribution in [3.8, 4) is 11.5 Å². The van der Waals surface area contributed by atoms with Gasteiger partial charge < -0.3 is 14.8 Å². The quantitative estimate of drug-likeness (QED) is 0.315. The number of carbonyl (C=O) groups excluding carboxylic acids is 1. The summed E-state index contributed by atoms with van der Waals surface area (Å²) in [5.41, 5.74) is 1.62. The second kappa shape index (κ2) is 8.85. The van der Waals surface area contributed by atoms with Gasteiger partial charge in [-0.3, -0.25) is 14.9 Å². The largest absolute Gasteiger partial charge is 0.490 e. The number of nitro benzene ring substituents is 1. The number of benzene rings is 2. The van der Waals surface area contributed by atoms with Gasteiger partial charge in [-0.1, -0.05) is 30.0 Å². The van der Waals surface area contributed by atoms with Crippen LogP contribution in [0.25, 0.3) is 6.08 Å². The van der Waals surface area contributed by atoms with Crippen LogP contribution in [-0.4, -0.2) is 21.8 Å². The number of ether oxygens (including phenoxy) is 2. The number of carbonyl (C=O) groups is 1. The second-order valence-electron chi connectivity index (χ2n) is 5.70. The molecule has 7 nitrogen and oxygen atoms in total. The maximum Gasteiger partial charge on any atom is 0.269 e. The Morgan fingerprint density at radius 3 is 2.54 bits per heavy atom. The Morgan fingerprint density at radius 1 is 1.18 bits per heavy atom. The van der Waals surface area contributed by atoms with Crippen molar-refractivity contribution in [3.63, 3.8) is 0 Å². The van der Waals surface area contributed by atoms with E-state index in [1.54, 1.807) is 30.3 Å². The molecule has 1 N–H and O–H groups in total. The number of hydrogen-bond donors (Lipinski definition) is 1. The average molecular weight is 416 g/mol. The Hall–Kier alpha value is -2.91. The number of thioether (sulfide) groups is 1. The van der Waals surface area contributed by atoms with Crippen molar-refractivity contribution in [1.29, 1.82) is 0 Å². The number of hydrogen-bond acceptors (Lipinski definition) is 7. The lowest BCUT2D eigenvalue weighted by Crippen LogP contribution is -2.17. The minimum Gasteiger partial charge on any atom is -0.490 e. The first-order valence-corrected chi connectivity index (χ1v) is 9.56. The van der Waals surface area contributed by atoms with Crippen LogP contribution >= 0.6 is 24.0 Å². The van der Waals surface area contributed by atoms with Gasteiger partial charge in [0.25, 0.3) is 11.6 Å². The Bertz CT molecular complexity index is 957. The van der Waals surface area contributed by atoms with Crippen molar-refractivity contribution in [2.45, 2.75) is 13.5 Å². The Kier molecular flexibility index (Phi) is 6.27. The predicted molar refractivity (Wildman–Crippen MR) is 111 cm³/mol. The Morgan fingerprint density at radius 2 is 1.93 bits per heavy atom. The highest BCUT2D eigenvalue weighted by molar-refractivity contribution is 8.26. The highest BCUT2D eigenvalue weighted by atomic mass is 32.2. The van der Waals surface area contributed by atoms with Crippen LogP contribution in [0.15, 0.2) is 47.4 Å². The Balaban J connectivity index is 1.75. The molecular weight excluding hydrogens is 400 g/mol. The molecule has 1 heterocycles. The predicted octanol–water partition coefficient (Wildman–Crippen LogP) is 4.06. The monoisotopic (exact) mass is 416 g/mol. The molecule has 0 unspecified atom stereocenters. The van der Waals surface area contributed by atoms with Gasteiger partial charge in [0.15, 0.2) is 11.5 Å². The van der Waals surface area contributed by atoms with E-state index in [0.717, 1.165) is 11.1 Å². The molecule has 1 aliphatic heterocycles. The molecule has 28 heavy (non-hydrogen) atoms. The number of nitrogens with zero attached hydrogens (tertiary/aromatic N) is 1. The molecular formula is C19H16N2O5S2. The molecule has 1 aliphatic rings. The van der Waals surface area contributed by atoms with Gasteiger partial charge in [0.2, 0.25) is 0 Å². The average Bonchev–Trinajstić information content (AvgIpc) is 2.98. The van der Waals surface area contributed by atoms with Gasteiger partial charge in [-0.05, 0) is 48.4 Å². The zero-order chi connectivity index (χ0) is 20.1. The first-order valence-electron chi connectivity index (χ1n) is 8.34. The summed E-state index contributed by atoms with van der Waals surface area (Å²) in [5.74, 6) is 0.873. The third kappa shape index (κ3) is 4.87. The van der Waals surface area contributed by atoms with Crippen molar-refractivity contribution in [2.75, 3.05) is 6.61 Å². The molecule has 0 bridgehead atoms. The van der Waals surface area contributed by atoms with Crippen LogP contribution in [-0.2, 0) is 11.4 Å². The summed E-state index contributed by atoms with van der Waals surface area (Å²) in [7, 11) is 0. The van der Waals surface area contributed by atoms with E-state index >= 15 is 0 Å². The molecule has 2 aromatic carbocycles. The smallest absolute Gasteiger partial charge is 0.269 e. The first-order chi connectivity index (χ1) is 13.5. The van der Waals surface area contributed by atoms with Gasteiger partial charge in [0.05, 0.1) is 16.4 Å². The Labute approximate surface area is 170 Å². The zero-order valence-corrected chi connectivity index (χ0v) is 16.5. The fourth-order valence-corrected chi connectivity index (χ4v) is 3.49. The standard InChI is InChI=1S/C19H16N2O5S2/c1-2-25-16-9-13(10-17-18(22)20-19(27)28-17)5-8-15(16)26-11-12-3-6-14(7-4-12)21(23)24/h3-10H,2,11H2,1H3,(H,20,22,27). The van der Waals surface area contributed by atoms with E-state index < -0.39 is 4.92 Å². The summed E-state index contributed by atoms with van der Waals surface area (Å²) in [6.07, 6.45) is 1.74. The van der Waals surface area contributed by atoms with Crippen LogP contribution < -0.4 is 14.8 Å². The molecule has 2 aromatic rings. The highest BCUT2D eigenvalue weighted by Crippen LogP contribution is 2.32. The van der Waals surface area contributed by atoms with Gasteiger partial charge in [0, 0.05) is 12.1 Å². The van der Waals surface area contributed by atoms with Crippen molar-refractivity contribution < 1.29 is 19.2 Å². The zero-order valence-electron chi connectivity index (χ0n) is 14.8. The molecule has 0 saturated carbocycles. The van der Waals surface area contributed by atoms with Crippen LogP contribution in [0.3, 0.4) is 0 Å². The van der Waals surface area contributed by atoms with E-state index in [1.165, 1.54) is 23.9 Å². The molecule has 0 spiro atoms. The van der Waals surface area contributed by atoms with Crippen molar-refractivity contribution >= 4 is 46.0 Å². The van der Waals surface area contributed by atoms with E-state index in [9.17, 15) is 14.9 Å². The van der Waals surface area contributed by atoms with Gasteiger partial charge in [-0.25, -0.2) is 0 Å². The van der Waals surface area contributed by atoms with Crippen molar-refractivity contribution in [3.05, 3.63) is 68.6 Å². The van der Waals surface area contributed by atoms with Crippen molar-refractivity contribution in [2.24, 2.45) is 0 Å². The van der Waals surface area contributed by atoms with E-state index in [2.05, 4.69) is 5.32 Å². The number of thiocarbonyl (C=S) groups is 1. The van der Waals surface area contributed by atoms with Crippen LogP contribution in [0.5, 0.6) is 11.5 Å². The third-order valence-corrected chi connectivity index (χ3v) is 4.91. The number of non-ortho nitro benzene ring substituents is 1. The first kappa shape index (κ1) is 19.8. The second-order valence-corrected chi connectivity index (χ2v) is 7.42. The van der Waals surface area contributed by atoms with Crippen LogP contribution in [0.1, 0.15) is 18.1 Å². The SMILES string of the molecule is CCOc1cc(C=C2SC(=S)NC2=O)ccc1OCc1ccc([N+](=O)[O-])cc1. The maximum atomic E-state index is 11.8. The highest BCUT2D eigenvalue weighted by Gasteiger charge is 2.22. The van der Waals surface area contributed by atoms with Gasteiger partial charge in [-0.2, -0.15) is 0 Å². The van der Waals surface area contributed by atoms with Crippen LogP contribution in [0.4, 0.5) is 5.69 Å². The summed E-state index contributed by atoms with van der Waals surface area (Å²) in [5, 5.41) is 13.3. The topological polar surface area (TPSA) is 90.7 Å². The fourth-order valence-electron chi connectivity index (χ4n) is 2.45. The summed E-state index contributed by atoms with van der Waals surface area (Å²) < 4.78 is 11.9. The minimum absolute atomic E-state index is 0.0319. The lowest BCUT2D eigenvalue weighted by molar-refractivity contribution is -0.384. The van der Waals surface area contributed by atoms with E-state index in [1.807, 2.05) is 13.0 Å². The van der Waals surface area contributed by atoms with Gasteiger partial charge in [0.1, 0.15) is 10.9 Å². The fraction of sp³-hybridized carbons (Fsp3) is 0.158. The van der Waals surface area contributed by atoms with E-state index in [4.69, 9.17) is 21.7 Å². The molecule has 0 aliphatic carbocycles. The summed E-state index contributed by atoms with van der Waals surface area (Å²) in [6.45, 7) is 2.56. The number of nitrogens with one attached hydrogen (secondary N) is 1. The summed E-state index contributed by atoms with van der Waals surface area (Å²) in [4.78, 5) is 22.6. The number of rotatable bonds is 7. The van der Waals surface area contributed by atoms with E-state index in [0.29, 0.717) is 27.3 Å². The lowest BCUT2D eigenvalue weighted by Gasteiger charge is -2.13. The van der Waals surface area contributed by atoms with E-state index in [-0.39, 0.29) is 18.2 Å². The third-order valence-electron chi connectivity index (χ3n) is 3.75. The van der Waals surface area contributed by atoms with Gasteiger partial charge >= 0.3 is 0 Å². The van der Waals surface area contributed by atoms with Crippen LogP contribution in [0.2, 0.25) is 0 Å². The molecule has 3 rings (SSSR count). The molecule has 1 saturated heterocycles. The van der Waals surface area contributed by atoms with Crippen LogP contribution in [0, 0.1) is 10.1 Å². The number of nitro groups is 1. The normalized spacial score (nSPS) is 14.8. The summed E-state index contributed by atoms with van der Waals surface area (Å²) in [6, 6.07) is 11.5. The molecule has 0 atom stereocenters. The molecule has 1 fully saturated rings. The maximum absolute atomic E-state index is 11.8.